The van der Waals surface area contributed by atoms with Gasteiger partial charge in [-0.3, -0.25) is 0 Å². The molecule has 0 amide bonds. The monoisotopic (exact) mass is 224 g/mol. The Labute approximate surface area is 94.4 Å². The largest absolute Gasteiger partial charge is 0.393 e. The second kappa shape index (κ2) is 5.41. The average molecular weight is 224 g/mol. The number of hydrogen-bond donors (Lipinski definition) is 2. The number of aliphatic hydroxyl groups excluding tert-OH is 2. The van der Waals surface area contributed by atoms with Crippen LogP contribution >= 0.6 is 0 Å². The molecular formula is C12H16O4. The van der Waals surface area contributed by atoms with Gasteiger partial charge in [0.05, 0.1) is 19.8 Å². The van der Waals surface area contributed by atoms with Crippen molar-refractivity contribution in [3.8, 4) is 0 Å². The zero-order valence-electron chi connectivity index (χ0n) is 9.00. The molecule has 0 aliphatic carbocycles. The van der Waals surface area contributed by atoms with Crippen molar-refractivity contribution in [1.82, 2.24) is 0 Å². The molecule has 1 aliphatic rings. The van der Waals surface area contributed by atoms with E-state index in [1.165, 1.54) is 0 Å². The van der Waals surface area contributed by atoms with Crippen molar-refractivity contribution < 1.29 is 19.7 Å². The maximum Gasteiger partial charge on any atom is 0.184 e. The lowest BCUT2D eigenvalue weighted by Crippen LogP contribution is -2.20. The van der Waals surface area contributed by atoms with Gasteiger partial charge in [0.15, 0.2) is 6.29 Å². The third kappa shape index (κ3) is 2.41. The molecule has 16 heavy (non-hydrogen) atoms. The summed E-state index contributed by atoms with van der Waals surface area (Å²) in [6, 6.07) is 7.31. The predicted molar refractivity (Wildman–Crippen MR) is 57.7 cm³/mol. The van der Waals surface area contributed by atoms with Gasteiger partial charge in [-0.2, -0.15) is 0 Å². The smallest absolute Gasteiger partial charge is 0.184 e. The van der Waals surface area contributed by atoms with E-state index < -0.39 is 12.4 Å². The highest BCUT2D eigenvalue weighted by Crippen LogP contribution is 2.29. The predicted octanol–water partition coefficient (Wildman–Crippen LogP) is 1.15. The standard InChI is InChI=1S/C12H16O4/c13-8-11(14)9-4-1-2-5-10(9)12-15-6-3-7-16-12/h1-2,4-5,11-14H,3,6-8H2. The minimum Gasteiger partial charge on any atom is -0.393 e. The quantitative estimate of drug-likeness (QED) is 0.808. The normalized spacial score (nSPS) is 19.6. The third-order valence-electron chi connectivity index (χ3n) is 2.61. The van der Waals surface area contributed by atoms with Crippen molar-refractivity contribution in [1.29, 1.82) is 0 Å². The number of rotatable bonds is 3. The van der Waals surface area contributed by atoms with Crippen molar-refractivity contribution in [3.63, 3.8) is 0 Å². The number of aliphatic hydroxyl groups is 2. The lowest BCUT2D eigenvalue weighted by molar-refractivity contribution is -0.183. The molecule has 1 saturated heterocycles. The third-order valence-corrected chi connectivity index (χ3v) is 2.61. The zero-order valence-corrected chi connectivity index (χ0v) is 9.00. The maximum absolute atomic E-state index is 9.68. The van der Waals surface area contributed by atoms with Crippen LogP contribution in [0.15, 0.2) is 24.3 Å². The minimum absolute atomic E-state index is 0.302. The molecule has 0 aromatic heterocycles. The molecule has 1 aromatic rings. The maximum atomic E-state index is 9.68. The first-order chi connectivity index (χ1) is 7.83. The van der Waals surface area contributed by atoms with Crippen LogP contribution in [0, 0.1) is 0 Å². The molecular weight excluding hydrogens is 208 g/mol. The molecule has 1 atom stereocenters. The fourth-order valence-electron chi connectivity index (χ4n) is 1.79. The second-order valence-corrected chi connectivity index (χ2v) is 3.75. The molecule has 1 aromatic carbocycles. The summed E-state index contributed by atoms with van der Waals surface area (Å²) in [5, 5.41) is 18.7. The highest BCUT2D eigenvalue weighted by Gasteiger charge is 2.21. The highest BCUT2D eigenvalue weighted by atomic mass is 16.7. The van der Waals surface area contributed by atoms with Gasteiger partial charge < -0.3 is 19.7 Å². The van der Waals surface area contributed by atoms with Gasteiger partial charge in [0, 0.05) is 5.56 Å². The first kappa shape index (κ1) is 11.5. The van der Waals surface area contributed by atoms with E-state index in [4.69, 9.17) is 14.6 Å². The van der Waals surface area contributed by atoms with Gasteiger partial charge in [-0.1, -0.05) is 24.3 Å². The van der Waals surface area contributed by atoms with Gasteiger partial charge >= 0.3 is 0 Å². The number of ether oxygens (including phenoxy) is 2. The Kier molecular flexibility index (Phi) is 3.90. The fourth-order valence-corrected chi connectivity index (χ4v) is 1.79. The molecule has 2 N–H and O–H groups in total. The van der Waals surface area contributed by atoms with Crippen molar-refractivity contribution in [2.24, 2.45) is 0 Å². The molecule has 1 heterocycles. The minimum atomic E-state index is -0.884. The zero-order chi connectivity index (χ0) is 11.4. The molecule has 1 fully saturated rings. The van der Waals surface area contributed by atoms with Crippen LogP contribution in [-0.2, 0) is 9.47 Å². The summed E-state index contributed by atoms with van der Waals surface area (Å²) in [5.41, 5.74) is 1.46. The summed E-state index contributed by atoms with van der Waals surface area (Å²) in [7, 11) is 0. The first-order valence-electron chi connectivity index (χ1n) is 5.44. The van der Waals surface area contributed by atoms with Crippen LogP contribution in [0.25, 0.3) is 0 Å². The Morgan fingerprint density at radius 1 is 1.25 bits per heavy atom. The van der Waals surface area contributed by atoms with Gasteiger partial charge in [0.1, 0.15) is 6.10 Å². The van der Waals surface area contributed by atoms with E-state index in [9.17, 15) is 5.11 Å². The summed E-state index contributed by atoms with van der Waals surface area (Å²) in [6.45, 7) is 1.02. The van der Waals surface area contributed by atoms with Crippen molar-refractivity contribution in [2.45, 2.75) is 18.8 Å². The summed E-state index contributed by atoms with van der Waals surface area (Å²) in [4.78, 5) is 0. The fraction of sp³-hybridized carbons (Fsp3) is 0.500. The molecule has 2 rings (SSSR count). The molecule has 1 aliphatic heterocycles. The summed E-state index contributed by atoms with van der Waals surface area (Å²) in [5.74, 6) is 0. The van der Waals surface area contributed by atoms with E-state index in [1.54, 1.807) is 6.07 Å². The van der Waals surface area contributed by atoms with Gasteiger partial charge in [-0.25, -0.2) is 0 Å². The van der Waals surface area contributed by atoms with E-state index in [0.717, 1.165) is 12.0 Å². The SMILES string of the molecule is OCC(O)c1ccccc1C1OCCCO1. The lowest BCUT2D eigenvalue weighted by atomic mass is 10.0. The van der Waals surface area contributed by atoms with E-state index in [1.807, 2.05) is 18.2 Å². The van der Waals surface area contributed by atoms with E-state index >= 15 is 0 Å². The van der Waals surface area contributed by atoms with Gasteiger partial charge in [0.2, 0.25) is 0 Å². The Morgan fingerprint density at radius 2 is 1.94 bits per heavy atom. The Bertz CT molecular complexity index is 334. The van der Waals surface area contributed by atoms with Crippen molar-refractivity contribution in [3.05, 3.63) is 35.4 Å². The Morgan fingerprint density at radius 3 is 2.62 bits per heavy atom. The molecule has 0 bridgehead atoms. The summed E-state index contributed by atoms with van der Waals surface area (Å²) in [6.07, 6.45) is -0.419. The lowest BCUT2D eigenvalue weighted by Gasteiger charge is -2.26. The number of hydrogen-bond acceptors (Lipinski definition) is 4. The summed E-state index contributed by atoms with van der Waals surface area (Å²) < 4.78 is 11.0. The second-order valence-electron chi connectivity index (χ2n) is 3.75. The van der Waals surface area contributed by atoms with Crippen LogP contribution in [0.3, 0.4) is 0 Å². The van der Waals surface area contributed by atoms with E-state index in [0.29, 0.717) is 18.8 Å². The van der Waals surface area contributed by atoms with Crippen LogP contribution in [0.2, 0.25) is 0 Å². The van der Waals surface area contributed by atoms with Crippen molar-refractivity contribution >= 4 is 0 Å². The van der Waals surface area contributed by atoms with E-state index in [-0.39, 0.29) is 6.61 Å². The van der Waals surface area contributed by atoms with E-state index in [2.05, 4.69) is 0 Å². The van der Waals surface area contributed by atoms with Crippen LogP contribution in [-0.4, -0.2) is 30.0 Å². The topological polar surface area (TPSA) is 58.9 Å². The van der Waals surface area contributed by atoms with Crippen LogP contribution in [0.4, 0.5) is 0 Å². The Balaban J connectivity index is 2.24. The van der Waals surface area contributed by atoms with Crippen LogP contribution in [0.5, 0.6) is 0 Å². The molecule has 88 valence electrons. The highest BCUT2D eigenvalue weighted by molar-refractivity contribution is 5.30. The number of benzene rings is 1. The summed E-state index contributed by atoms with van der Waals surface area (Å²) >= 11 is 0. The molecule has 4 heteroatoms. The first-order valence-corrected chi connectivity index (χ1v) is 5.44. The Hall–Kier alpha value is -0.940. The van der Waals surface area contributed by atoms with Gasteiger partial charge in [-0.05, 0) is 12.0 Å². The van der Waals surface area contributed by atoms with Crippen LogP contribution in [0.1, 0.15) is 29.9 Å². The van der Waals surface area contributed by atoms with Gasteiger partial charge in [0.25, 0.3) is 0 Å². The van der Waals surface area contributed by atoms with Gasteiger partial charge in [-0.15, -0.1) is 0 Å². The molecule has 0 radical (unpaired) electrons. The molecule has 0 saturated carbocycles. The molecule has 0 spiro atoms. The molecule has 1 unspecified atom stereocenters. The van der Waals surface area contributed by atoms with Crippen LogP contribution < -0.4 is 0 Å². The average Bonchev–Trinajstić information content (AvgIpc) is 2.39. The van der Waals surface area contributed by atoms with Crippen molar-refractivity contribution in [2.75, 3.05) is 19.8 Å². The molecule has 4 nitrogen and oxygen atoms in total.